The largest absolute Gasteiger partial charge is 0.466 e. The monoisotopic (exact) mass is 1360 g/mol. The highest BCUT2D eigenvalue weighted by Crippen LogP contribution is 2.45. The Bertz CT molecular complexity index is 4050. The van der Waals surface area contributed by atoms with Gasteiger partial charge in [0.05, 0.1) is 54.9 Å². The van der Waals surface area contributed by atoms with Crippen LogP contribution < -0.4 is 42.5 Å². The fourth-order valence-corrected chi connectivity index (χ4v) is 11.1. The first-order chi connectivity index (χ1) is 47.3. The van der Waals surface area contributed by atoms with Crippen LogP contribution in [0, 0.1) is 80.8 Å². The first kappa shape index (κ1) is 72.6. The van der Waals surface area contributed by atoms with Crippen LogP contribution in [-0.4, -0.2) is 155 Å². The second kappa shape index (κ2) is 32.1. The molecule has 8 aromatic heterocycles. The summed E-state index contributed by atoms with van der Waals surface area (Å²) in [4.78, 5) is 42.5. The van der Waals surface area contributed by atoms with Gasteiger partial charge in [0.25, 0.3) is 0 Å². The maximum atomic E-state index is 9.87. The van der Waals surface area contributed by atoms with Crippen LogP contribution in [0.25, 0.3) is 0 Å². The van der Waals surface area contributed by atoms with Gasteiger partial charge in [-0.3, -0.25) is 4.98 Å². The number of aryl methyl sites for hydroxylation is 2. The van der Waals surface area contributed by atoms with Crippen LogP contribution in [0.5, 0.6) is 0 Å². The number of rotatable bonds is 24. The van der Waals surface area contributed by atoms with Gasteiger partial charge in [0.2, 0.25) is 29.7 Å². The van der Waals surface area contributed by atoms with Gasteiger partial charge in [-0.1, -0.05) is 71.8 Å². The van der Waals surface area contributed by atoms with E-state index in [9.17, 15) is 41.5 Å². The van der Waals surface area contributed by atoms with Crippen LogP contribution >= 0.6 is 0 Å². The molecule has 0 aromatic carbocycles. The number of pyridine rings is 1. The molecule has 31 heteroatoms. The van der Waals surface area contributed by atoms with Crippen molar-refractivity contribution in [1.82, 2.24) is 60.2 Å². The van der Waals surface area contributed by atoms with Crippen LogP contribution in [0.2, 0.25) is 0 Å². The van der Waals surface area contributed by atoms with Gasteiger partial charge in [-0.05, 0) is 62.8 Å². The second-order valence-corrected chi connectivity index (χ2v) is 27.2. The molecule has 8 heterocycles. The van der Waals surface area contributed by atoms with Gasteiger partial charge < -0.3 is 76.4 Å². The minimum absolute atomic E-state index is 0. The Morgan fingerprint density at radius 3 is 1.19 bits per heavy atom. The molecule has 12 N–H and O–H groups in total. The topological polar surface area (TPSA) is 466 Å². The Hall–Kier alpha value is -10.7. The van der Waals surface area contributed by atoms with E-state index >= 15 is 0 Å². The van der Waals surface area contributed by atoms with Gasteiger partial charge in [-0.2, -0.15) is 46.0 Å². The Morgan fingerprint density at radius 2 is 0.879 bits per heavy atom. The maximum Gasteiger partial charge on any atom is 0.224 e. The predicted octanol–water partition coefficient (Wildman–Crippen LogP) is 8.26. The molecule has 8 aromatic rings. The lowest BCUT2D eigenvalue weighted by Gasteiger charge is -2.49. The molecule has 0 bridgehead atoms. The van der Waals surface area contributed by atoms with Crippen LogP contribution in [-0.2, 0) is 25.7 Å². The van der Waals surface area contributed by atoms with Crippen molar-refractivity contribution in [1.29, 1.82) is 21.0 Å². The maximum absolute atomic E-state index is 9.87. The van der Waals surface area contributed by atoms with E-state index in [2.05, 4.69) is 127 Å². The summed E-state index contributed by atoms with van der Waals surface area (Å²) in [5.41, 5.74) is 2.52. The third-order valence-electron chi connectivity index (χ3n) is 19.0. The number of aliphatic hydroxyl groups is 4. The average Bonchev–Trinajstić information content (AvgIpc) is 0.944. The molecular formula is C68H94N24O7. The summed E-state index contributed by atoms with van der Waals surface area (Å²) in [6.45, 7) is 22.0. The van der Waals surface area contributed by atoms with Gasteiger partial charge in [0.1, 0.15) is 87.6 Å². The number of furan rings is 1. The van der Waals surface area contributed by atoms with Crippen molar-refractivity contribution in [2.75, 3.05) is 68.7 Å². The molecule has 4 aliphatic carbocycles. The first-order valence-electron chi connectivity index (χ1n) is 32.8. The van der Waals surface area contributed by atoms with Gasteiger partial charge >= 0.3 is 0 Å². The average molecular weight is 1360 g/mol. The molecule has 8 atom stereocenters. The number of hydrogen-bond donors (Lipinski definition) is 12. The summed E-state index contributed by atoms with van der Waals surface area (Å²) in [6, 6.07) is 18.3. The zero-order valence-electron chi connectivity index (χ0n) is 57.2. The van der Waals surface area contributed by atoms with Crippen molar-refractivity contribution in [3.05, 3.63) is 131 Å². The fourth-order valence-electron chi connectivity index (χ4n) is 11.1. The number of anilines is 8. The SMILES string of the molecule is CC1(C)[C@@H](O)C[C@H]1Nc1nc(NCCc2cccnc2)ncc1C#N.CC1(C)[C@@H](O)C[C@H]1Nc1nc(NCCc2ccon2)ncc1C#N.Cc1ccc(CCNc2ncc(C#N)c(N[C@@H]3C[C@H](O)C3(C)C)n2)o1.Cc1nc(CCNc2ncc(C#N)c(N[C@@H]3C[C@H](O)C3(C)C)n2)no1.[HH].[HH].[HH].[HH]. The minimum atomic E-state index is -0.353. The number of hydrogen-bond acceptors (Lipinski definition) is 31. The van der Waals surface area contributed by atoms with Gasteiger partial charge in [-0.25, -0.2) is 19.9 Å². The molecule has 0 aliphatic heterocycles. The minimum Gasteiger partial charge on any atom is -0.466 e. The summed E-state index contributed by atoms with van der Waals surface area (Å²) < 4.78 is 15.2. The molecule has 528 valence electrons. The highest BCUT2D eigenvalue weighted by atomic mass is 16.5. The van der Waals surface area contributed by atoms with Crippen molar-refractivity contribution >= 4 is 47.1 Å². The Labute approximate surface area is 580 Å². The molecule has 4 fully saturated rings. The van der Waals surface area contributed by atoms with Crippen LogP contribution in [0.3, 0.4) is 0 Å². The molecule has 99 heavy (non-hydrogen) atoms. The number of aromatic nitrogens is 12. The van der Waals surface area contributed by atoms with Gasteiger partial charge in [0, 0.05) is 122 Å². The highest BCUT2D eigenvalue weighted by Gasteiger charge is 2.50. The first-order valence-corrected chi connectivity index (χ1v) is 32.8. The zero-order valence-corrected chi connectivity index (χ0v) is 57.2. The van der Waals surface area contributed by atoms with Crippen LogP contribution in [0.1, 0.15) is 144 Å². The summed E-state index contributed by atoms with van der Waals surface area (Å²) in [5.74, 6) is 6.70. The normalized spacial score (nSPS) is 21.3. The van der Waals surface area contributed by atoms with Crippen molar-refractivity contribution in [3.8, 4) is 24.3 Å². The van der Waals surface area contributed by atoms with Crippen molar-refractivity contribution in [2.45, 2.75) is 169 Å². The van der Waals surface area contributed by atoms with E-state index in [1.807, 2.05) is 92.8 Å². The van der Waals surface area contributed by atoms with Gasteiger partial charge in [-0.15, -0.1) is 0 Å². The number of nitrogens with one attached hydrogen (secondary N) is 8. The van der Waals surface area contributed by atoms with E-state index in [0.29, 0.717) is 146 Å². The summed E-state index contributed by atoms with van der Waals surface area (Å²) in [7, 11) is 0. The van der Waals surface area contributed by atoms with Crippen molar-refractivity contribution in [3.63, 3.8) is 0 Å². The molecule has 0 spiro atoms. The lowest BCUT2D eigenvalue weighted by molar-refractivity contribution is -0.0512. The molecule has 0 saturated heterocycles. The Morgan fingerprint density at radius 1 is 0.485 bits per heavy atom. The molecule has 0 radical (unpaired) electrons. The quantitative estimate of drug-likeness (QED) is 0.0271. The van der Waals surface area contributed by atoms with Crippen molar-refractivity contribution in [2.24, 2.45) is 21.7 Å². The van der Waals surface area contributed by atoms with E-state index in [0.717, 1.165) is 35.6 Å². The lowest BCUT2D eigenvalue weighted by atomic mass is 9.64. The third-order valence-corrected chi connectivity index (χ3v) is 19.0. The third kappa shape index (κ3) is 18.3. The summed E-state index contributed by atoms with van der Waals surface area (Å²) in [6.07, 6.45) is 15.1. The standard InChI is InChI=1S/C18H22N6O.C18H23N5O2.C16H21N7O2.C16H20N6O2.4H2/c1-18(2)14(8-15(18)25)23-16-13(9-19)11-22-17(24-16)21-7-5-12-4-3-6-20-10-12;1-11-4-5-13(25-11)6-7-20-17-21-10-12(9-19)16(23-17)22-14-8-15(24)18(14,2)3;1-9-20-13(23-25-9)4-5-18-15-19-8-10(7-17)14(22-15)21-11-6-12(24)16(11,2)3;1-16(2)12(7-13(16)23)20-14-10(8-17)9-19-15(21-14)18-5-3-11-4-6-24-22-11;;;;/h3-4,6,10-11,14-15,25H,5,7-8H2,1-2H3,(H2,21,22,23,24);4-5,10,14-15,24H,6-8H2,1-3H3,(H2,20,21,22,23);8,11-12,24H,4-6H2,1-3H3,(H2,18,19,21,22);4,6,9,12-13,23H,3,5,7H2,1-2H3,(H2,18,19,20,21);4*1H/t2*14-,15+;11-,12+;12-,13+;;;;/m1111..../s1. The number of aliphatic hydroxyl groups excluding tert-OH is 4. The Balaban J connectivity index is 0.000000244. The summed E-state index contributed by atoms with van der Waals surface area (Å²) in [5, 5.41) is 110. The smallest absolute Gasteiger partial charge is 0.224 e. The fraction of sp³-hybridized carbons (Fsp3) is 0.500. The molecule has 0 unspecified atom stereocenters. The van der Waals surface area contributed by atoms with Gasteiger partial charge in [0.15, 0.2) is 5.82 Å². The lowest BCUT2D eigenvalue weighted by Crippen LogP contribution is -2.57. The van der Waals surface area contributed by atoms with Crippen molar-refractivity contribution < 1.29 is 39.6 Å². The molecule has 31 nitrogen and oxygen atoms in total. The molecule has 4 saturated carbocycles. The molecule has 0 amide bonds. The number of nitrogens with zero attached hydrogens (tertiary/aromatic N) is 16. The van der Waals surface area contributed by atoms with Crippen LogP contribution in [0.15, 0.2) is 87.2 Å². The Kier molecular flexibility index (Phi) is 23.5. The summed E-state index contributed by atoms with van der Waals surface area (Å²) >= 11 is 0. The highest BCUT2D eigenvalue weighted by molar-refractivity contribution is 5.58. The number of nitriles is 4. The van der Waals surface area contributed by atoms with E-state index in [-0.39, 0.29) is 75.9 Å². The zero-order chi connectivity index (χ0) is 71.1. The van der Waals surface area contributed by atoms with E-state index in [1.165, 1.54) is 31.1 Å². The molecule has 12 rings (SSSR count). The predicted molar refractivity (Wildman–Crippen MR) is 375 cm³/mol. The van der Waals surface area contributed by atoms with E-state index in [1.54, 1.807) is 19.2 Å². The van der Waals surface area contributed by atoms with E-state index in [4.69, 9.17) is 13.5 Å². The molecule has 4 aliphatic rings. The molecular weight excluding hydrogens is 1260 g/mol. The van der Waals surface area contributed by atoms with Crippen LogP contribution in [0.4, 0.5) is 47.1 Å². The van der Waals surface area contributed by atoms with E-state index < -0.39 is 0 Å². The second-order valence-electron chi connectivity index (χ2n) is 27.2.